The molecule has 16 heavy (non-hydrogen) atoms. The second-order valence-corrected chi connectivity index (χ2v) is 3.40. The van der Waals surface area contributed by atoms with Crippen molar-refractivity contribution in [2.75, 3.05) is 0 Å². The Morgan fingerprint density at radius 1 is 1.44 bits per heavy atom. The van der Waals surface area contributed by atoms with Crippen molar-refractivity contribution in [1.82, 2.24) is 4.98 Å². The van der Waals surface area contributed by atoms with E-state index in [1.54, 1.807) is 6.07 Å². The molecule has 0 aliphatic rings. The maximum absolute atomic E-state index is 13.3. The largest absolute Gasteiger partial charge is 0.481 e. The van der Waals surface area contributed by atoms with E-state index in [0.29, 0.717) is 5.39 Å². The van der Waals surface area contributed by atoms with E-state index in [-0.39, 0.29) is 17.5 Å². The molecule has 1 aromatic carbocycles. The average Bonchev–Trinajstić information content (AvgIpc) is 2.20. The number of carboxylic acid groups (broad SMARTS) is 1. The van der Waals surface area contributed by atoms with Crippen LogP contribution < -0.4 is 5.56 Å². The Morgan fingerprint density at radius 3 is 2.88 bits per heavy atom. The van der Waals surface area contributed by atoms with Crippen LogP contribution in [-0.2, 0) is 11.2 Å². The molecule has 1 heterocycles. The number of nitrogens with one attached hydrogen (secondary N) is 1. The van der Waals surface area contributed by atoms with Crippen LogP contribution in [-0.4, -0.2) is 16.1 Å². The molecule has 0 aliphatic carbocycles. The van der Waals surface area contributed by atoms with Gasteiger partial charge in [0.1, 0.15) is 5.82 Å². The van der Waals surface area contributed by atoms with Gasteiger partial charge in [0.15, 0.2) is 0 Å². The van der Waals surface area contributed by atoms with E-state index in [2.05, 4.69) is 4.98 Å². The van der Waals surface area contributed by atoms with Crippen molar-refractivity contribution < 1.29 is 14.3 Å². The molecule has 82 valence electrons. The minimum absolute atomic E-state index is 0.0987. The minimum Gasteiger partial charge on any atom is -0.481 e. The van der Waals surface area contributed by atoms with Crippen molar-refractivity contribution in [3.05, 3.63) is 46.0 Å². The van der Waals surface area contributed by atoms with Crippen LogP contribution in [0.25, 0.3) is 10.9 Å². The van der Waals surface area contributed by atoms with Gasteiger partial charge in [-0.05, 0) is 12.1 Å². The zero-order valence-corrected chi connectivity index (χ0v) is 8.16. The first kappa shape index (κ1) is 10.4. The monoisotopic (exact) mass is 221 g/mol. The van der Waals surface area contributed by atoms with E-state index >= 15 is 0 Å². The highest BCUT2D eigenvalue weighted by molar-refractivity contribution is 5.80. The topological polar surface area (TPSA) is 70.2 Å². The molecule has 5 heteroatoms. The SMILES string of the molecule is O=C(O)Cc1cc2cccc(F)c2[nH]c1=O. The number of para-hydroxylation sites is 1. The summed E-state index contributed by atoms with van der Waals surface area (Å²) in [5.41, 5.74) is -0.354. The lowest BCUT2D eigenvalue weighted by Gasteiger charge is -2.01. The van der Waals surface area contributed by atoms with Crippen molar-refractivity contribution in [2.24, 2.45) is 0 Å². The molecule has 2 aromatic rings. The van der Waals surface area contributed by atoms with Gasteiger partial charge in [-0.3, -0.25) is 9.59 Å². The molecule has 0 atom stereocenters. The average molecular weight is 221 g/mol. The van der Waals surface area contributed by atoms with Gasteiger partial charge < -0.3 is 10.1 Å². The van der Waals surface area contributed by atoms with Gasteiger partial charge in [-0.1, -0.05) is 12.1 Å². The van der Waals surface area contributed by atoms with Gasteiger partial charge >= 0.3 is 5.97 Å². The number of aromatic nitrogens is 1. The third kappa shape index (κ3) is 1.79. The number of carboxylic acids is 1. The number of aliphatic carboxylic acids is 1. The summed E-state index contributed by atoms with van der Waals surface area (Å²) < 4.78 is 13.3. The molecule has 0 saturated heterocycles. The summed E-state index contributed by atoms with van der Waals surface area (Å²) >= 11 is 0. The molecule has 4 nitrogen and oxygen atoms in total. The number of hydrogen-bond acceptors (Lipinski definition) is 2. The lowest BCUT2D eigenvalue weighted by Crippen LogP contribution is -2.16. The van der Waals surface area contributed by atoms with Gasteiger partial charge in [0.25, 0.3) is 5.56 Å². The van der Waals surface area contributed by atoms with Crippen LogP contribution in [0.5, 0.6) is 0 Å². The van der Waals surface area contributed by atoms with Gasteiger partial charge in [0.2, 0.25) is 0 Å². The predicted molar refractivity (Wildman–Crippen MR) is 55.9 cm³/mol. The lowest BCUT2D eigenvalue weighted by molar-refractivity contribution is -0.136. The zero-order chi connectivity index (χ0) is 11.7. The van der Waals surface area contributed by atoms with Crippen molar-refractivity contribution in [3.63, 3.8) is 0 Å². The summed E-state index contributed by atoms with van der Waals surface area (Å²) in [5, 5.41) is 9.07. The summed E-state index contributed by atoms with van der Waals surface area (Å²) in [6, 6.07) is 5.74. The molecule has 0 aliphatic heterocycles. The molecule has 0 radical (unpaired) electrons. The van der Waals surface area contributed by atoms with Crippen LogP contribution in [0.4, 0.5) is 4.39 Å². The molecule has 2 rings (SSSR count). The van der Waals surface area contributed by atoms with Crippen molar-refractivity contribution in [3.8, 4) is 0 Å². The quantitative estimate of drug-likeness (QED) is 0.802. The molecular weight excluding hydrogens is 213 g/mol. The Morgan fingerprint density at radius 2 is 2.19 bits per heavy atom. The van der Waals surface area contributed by atoms with Crippen LogP contribution in [0.1, 0.15) is 5.56 Å². The fraction of sp³-hybridized carbons (Fsp3) is 0.0909. The van der Waals surface area contributed by atoms with Gasteiger partial charge in [-0.25, -0.2) is 4.39 Å². The van der Waals surface area contributed by atoms with E-state index < -0.39 is 17.3 Å². The summed E-state index contributed by atoms with van der Waals surface area (Å²) in [6.45, 7) is 0. The first-order valence-electron chi connectivity index (χ1n) is 4.60. The number of carbonyl (C=O) groups is 1. The zero-order valence-electron chi connectivity index (χ0n) is 8.16. The molecule has 2 N–H and O–H groups in total. The molecule has 0 spiro atoms. The number of benzene rings is 1. The van der Waals surface area contributed by atoms with Gasteiger partial charge in [0, 0.05) is 10.9 Å². The number of fused-ring (bicyclic) bond motifs is 1. The Bertz CT molecular complexity index is 618. The third-order valence-electron chi connectivity index (χ3n) is 2.25. The number of aromatic amines is 1. The number of rotatable bonds is 2. The smallest absolute Gasteiger partial charge is 0.308 e. The number of halogens is 1. The van der Waals surface area contributed by atoms with E-state index in [4.69, 9.17) is 5.11 Å². The van der Waals surface area contributed by atoms with Crippen LogP contribution in [0.3, 0.4) is 0 Å². The first-order chi connectivity index (χ1) is 7.58. The van der Waals surface area contributed by atoms with Crippen molar-refractivity contribution in [2.45, 2.75) is 6.42 Å². The fourth-order valence-corrected chi connectivity index (χ4v) is 1.53. The molecular formula is C11H8FNO3. The summed E-state index contributed by atoms with van der Waals surface area (Å²) in [4.78, 5) is 24.3. The van der Waals surface area contributed by atoms with Gasteiger partial charge in [-0.15, -0.1) is 0 Å². The Balaban J connectivity index is 2.68. The highest BCUT2D eigenvalue weighted by Gasteiger charge is 2.08. The molecule has 0 unspecified atom stereocenters. The maximum atomic E-state index is 13.3. The highest BCUT2D eigenvalue weighted by atomic mass is 19.1. The molecule has 1 aromatic heterocycles. The van der Waals surface area contributed by atoms with Gasteiger partial charge in [-0.2, -0.15) is 0 Å². The number of hydrogen-bond donors (Lipinski definition) is 2. The molecule has 0 fully saturated rings. The van der Waals surface area contributed by atoms with E-state index in [9.17, 15) is 14.0 Å². The second kappa shape index (κ2) is 3.77. The maximum Gasteiger partial charge on any atom is 0.308 e. The van der Waals surface area contributed by atoms with E-state index in [1.165, 1.54) is 18.2 Å². The van der Waals surface area contributed by atoms with Crippen LogP contribution in [0.15, 0.2) is 29.1 Å². The predicted octanol–water partition coefficient (Wildman–Crippen LogP) is 1.29. The normalized spacial score (nSPS) is 10.6. The summed E-state index contributed by atoms with van der Waals surface area (Å²) in [6.07, 6.45) is -0.373. The summed E-state index contributed by atoms with van der Waals surface area (Å²) in [5.74, 6) is -1.63. The van der Waals surface area contributed by atoms with Crippen LogP contribution >= 0.6 is 0 Å². The highest BCUT2D eigenvalue weighted by Crippen LogP contribution is 2.14. The Hall–Kier alpha value is -2.17. The fourth-order valence-electron chi connectivity index (χ4n) is 1.53. The summed E-state index contributed by atoms with van der Waals surface area (Å²) in [7, 11) is 0. The molecule has 0 saturated carbocycles. The van der Waals surface area contributed by atoms with Gasteiger partial charge in [0.05, 0.1) is 11.9 Å². The van der Waals surface area contributed by atoms with Crippen LogP contribution in [0.2, 0.25) is 0 Å². The lowest BCUT2D eigenvalue weighted by atomic mass is 10.1. The first-order valence-corrected chi connectivity index (χ1v) is 4.60. The van der Waals surface area contributed by atoms with Crippen molar-refractivity contribution in [1.29, 1.82) is 0 Å². The minimum atomic E-state index is -1.10. The molecule has 0 bridgehead atoms. The molecule has 0 amide bonds. The van der Waals surface area contributed by atoms with Crippen molar-refractivity contribution >= 4 is 16.9 Å². The second-order valence-electron chi connectivity index (χ2n) is 3.40. The van der Waals surface area contributed by atoms with E-state index in [0.717, 1.165) is 0 Å². The van der Waals surface area contributed by atoms with E-state index in [1.807, 2.05) is 0 Å². The standard InChI is InChI=1S/C11H8FNO3/c12-8-3-1-2-6-4-7(5-9(14)15)11(16)13-10(6)8/h1-4H,5H2,(H,13,16)(H,14,15). The Labute approximate surface area is 89.3 Å². The Kier molecular flexibility index (Phi) is 2.44. The van der Waals surface area contributed by atoms with Crippen LogP contribution in [0, 0.1) is 5.82 Å². The number of pyridine rings is 1. The third-order valence-corrected chi connectivity index (χ3v) is 2.25. The number of H-pyrrole nitrogens is 1.